The maximum absolute atomic E-state index is 11.5. The van der Waals surface area contributed by atoms with Crippen molar-refractivity contribution < 1.29 is 13.6 Å². The average molecular weight is 297 g/mol. The Labute approximate surface area is 121 Å². The Morgan fingerprint density at radius 1 is 1.25 bits per heavy atom. The van der Waals surface area contributed by atoms with Crippen LogP contribution in [0.25, 0.3) is 0 Å². The van der Waals surface area contributed by atoms with Crippen LogP contribution >= 0.6 is 0 Å². The number of sulfone groups is 1. The zero-order chi connectivity index (χ0) is 15.4. The standard InChI is InChI=1S/C15H23NO3S/c1-5-11-20(18,19)12-10-16(17)14-8-6-13(7-9-14)15(2,3)4/h5-9,17H,1,10-12H2,2-4H3. The monoisotopic (exact) mass is 297 g/mol. The van der Waals surface area contributed by atoms with Crippen LogP contribution < -0.4 is 5.06 Å². The number of hydrogen-bond acceptors (Lipinski definition) is 4. The zero-order valence-corrected chi connectivity index (χ0v) is 13.2. The molecule has 1 aromatic rings. The van der Waals surface area contributed by atoms with Crippen LogP contribution in [-0.4, -0.2) is 31.7 Å². The molecule has 1 aromatic carbocycles. The summed E-state index contributed by atoms with van der Waals surface area (Å²) < 4.78 is 23.1. The molecular weight excluding hydrogens is 274 g/mol. The highest BCUT2D eigenvalue weighted by Crippen LogP contribution is 2.24. The smallest absolute Gasteiger partial charge is 0.155 e. The molecule has 0 aromatic heterocycles. The molecule has 5 heteroatoms. The van der Waals surface area contributed by atoms with E-state index in [2.05, 4.69) is 27.4 Å². The normalized spacial score (nSPS) is 12.2. The van der Waals surface area contributed by atoms with Gasteiger partial charge in [0.1, 0.15) is 0 Å². The Bertz CT molecular complexity index is 541. The predicted molar refractivity (Wildman–Crippen MR) is 83.1 cm³/mol. The second kappa shape index (κ2) is 6.41. The molecule has 0 spiro atoms. The van der Waals surface area contributed by atoms with Gasteiger partial charge < -0.3 is 0 Å². The maximum Gasteiger partial charge on any atom is 0.155 e. The third kappa shape index (κ3) is 4.98. The van der Waals surface area contributed by atoms with Crippen LogP contribution in [-0.2, 0) is 15.3 Å². The van der Waals surface area contributed by atoms with Crippen LogP contribution in [0, 0.1) is 0 Å². The molecule has 0 aliphatic carbocycles. The van der Waals surface area contributed by atoms with Crippen LogP contribution in [0.4, 0.5) is 5.69 Å². The van der Waals surface area contributed by atoms with Crippen LogP contribution in [0.1, 0.15) is 26.3 Å². The summed E-state index contributed by atoms with van der Waals surface area (Å²) in [4.78, 5) is 0. The first kappa shape index (κ1) is 16.7. The predicted octanol–water partition coefficient (Wildman–Crippen LogP) is 2.78. The van der Waals surface area contributed by atoms with Crippen LogP contribution in [0.15, 0.2) is 36.9 Å². The summed E-state index contributed by atoms with van der Waals surface area (Å²) in [5.41, 5.74) is 1.80. The fraction of sp³-hybridized carbons (Fsp3) is 0.467. The fourth-order valence-corrected chi connectivity index (χ4v) is 2.73. The van der Waals surface area contributed by atoms with E-state index in [9.17, 15) is 13.6 Å². The molecule has 0 saturated carbocycles. The summed E-state index contributed by atoms with van der Waals surface area (Å²) in [7, 11) is -3.19. The molecule has 0 atom stereocenters. The van der Waals surface area contributed by atoms with Gasteiger partial charge in [0.25, 0.3) is 0 Å². The average Bonchev–Trinajstić information content (AvgIpc) is 2.35. The van der Waals surface area contributed by atoms with Gasteiger partial charge in [0.05, 0.1) is 23.7 Å². The summed E-state index contributed by atoms with van der Waals surface area (Å²) in [6, 6.07) is 7.47. The fourth-order valence-electron chi connectivity index (χ4n) is 1.75. The quantitative estimate of drug-likeness (QED) is 0.648. The van der Waals surface area contributed by atoms with Gasteiger partial charge in [-0.1, -0.05) is 39.0 Å². The van der Waals surface area contributed by atoms with E-state index in [0.29, 0.717) is 5.69 Å². The van der Waals surface area contributed by atoms with Gasteiger partial charge in [-0.15, -0.1) is 6.58 Å². The topological polar surface area (TPSA) is 57.6 Å². The van der Waals surface area contributed by atoms with Crippen LogP contribution in [0.3, 0.4) is 0 Å². The number of rotatable bonds is 6. The van der Waals surface area contributed by atoms with Crippen molar-refractivity contribution in [1.82, 2.24) is 0 Å². The SMILES string of the molecule is C=CCS(=O)(=O)CCN(O)c1ccc(C(C)(C)C)cc1. The largest absolute Gasteiger partial charge is 0.288 e. The second-order valence-corrected chi connectivity index (χ2v) is 8.05. The van der Waals surface area contributed by atoms with E-state index >= 15 is 0 Å². The lowest BCUT2D eigenvalue weighted by Crippen LogP contribution is -2.27. The number of hydrogen-bond donors (Lipinski definition) is 1. The van der Waals surface area contributed by atoms with E-state index < -0.39 is 9.84 Å². The van der Waals surface area contributed by atoms with E-state index in [1.807, 2.05) is 12.1 Å². The molecule has 0 saturated heterocycles. The lowest BCUT2D eigenvalue weighted by Gasteiger charge is -2.21. The first-order valence-electron chi connectivity index (χ1n) is 6.54. The molecule has 1 N–H and O–H groups in total. The lowest BCUT2D eigenvalue weighted by atomic mass is 9.87. The lowest BCUT2D eigenvalue weighted by molar-refractivity contribution is 0.260. The van der Waals surface area contributed by atoms with Gasteiger partial charge in [-0.3, -0.25) is 10.3 Å². The first-order valence-corrected chi connectivity index (χ1v) is 8.36. The number of nitrogens with zero attached hydrogens (tertiary/aromatic N) is 1. The highest BCUT2D eigenvalue weighted by molar-refractivity contribution is 7.91. The highest BCUT2D eigenvalue weighted by atomic mass is 32.2. The summed E-state index contributed by atoms with van der Waals surface area (Å²) in [6.07, 6.45) is 1.36. The van der Waals surface area contributed by atoms with Crippen molar-refractivity contribution in [3.63, 3.8) is 0 Å². The minimum Gasteiger partial charge on any atom is -0.288 e. The van der Waals surface area contributed by atoms with Gasteiger partial charge in [-0.2, -0.15) is 0 Å². The van der Waals surface area contributed by atoms with Gasteiger partial charge in [0, 0.05) is 0 Å². The summed E-state index contributed by atoms with van der Waals surface area (Å²) in [5.74, 6) is -0.166. The molecule has 0 radical (unpaired) electrons. The highest BCUT2D eigenvalue weighted by Gasteiger charge is 2.15. The number of benzene rings is 1. The van der Waals surface area contributed by atoms with Crippen molar-refractivity contribution in [2.75, 3.05) is 23.1 Å². The summed E-state index contributed by atoms with van der Waals surface area (Å²) in [6.45, 7) is 9.79. The summed E-state index contributed by atoms with van der Waals surface area (Å²) >= 11 is 0. The van der Waals surface area contributed by atoms with Crippen molar-refractivity contribution >= 4 is 15.5 Å². The van der Waals surface area contributed by atoms with Crippen molar-refractivity contribution in [1.29, 1.82) is 0 Å². The Balaban J connectivity index is 2.69. The molecule has 0 amide bonds. The van der Waals surface area contributed by atoms with E-state index in [1.54, 1.807) is 12.1 Å². The Hall–Kier alpha value is -1.33. The van der Waals surface area contributed by atoms with Gasteiger partial charge in [0.15, 0.2) is 9.84 Å². The van der Waals surface area contributed by atoms with E-state index in [4.69, 9.17) is 0 Å². The first-order chi connectivity index (χ1) is 9.15. The van der Waals surface area contributed by atoms with Gasteiger partial charge >= 0.3 is 0 Å². The minimum atomic E-state index is -3.19. The third-order valence-electron chi connectivity index (χ3n) is 3.02. The molecule has 0 unspecified atom stereocenters. The van der Waals surface area contributed by atoms with Crippen molar-refractivity contribution in [2.45, 2.75) is 26.2 Å². The van der Waals surface area contributed by atoms with Crippen LogP contribution in [0.2, 0.25) is 0 Å². The van der Waals surface area contributed by atoms with Gasteiger partial charge in [-0.05, 0) is 23.1 Å². The van der Waals surface area contributed by atoms with Gasteiger partial charge in [0.2, 0.25) is 0 Å². The van der Waals surface area contributed by atoms with Crippen LogP contribution in [0.5, 0.6) is 0 Å². The van der Waals surface area contributed by atoms with Crippen molar-refractivity contribution in [2.24, 2.45) is 0 Å². The molecule has 20 heavy (non-hydrogen) atoms. The molecule has 0 bridgehead atoms. The molecule has 112 valence electrons. The molecular formula is C15H23NO3S. The van der Waals surface area contributed by atoms with Crippen molar-refractivity contribution in [3.8, 4) is 0 Å². The van der Waals surface area contributed by atoms with Gasteiger partial charge in [-0.25, -0.2) is 8.42 Å². The Kier molecular flexibility index (Phi) is 5.36. The molecule has 0 heterocycles. The molecule has 0 aliphatic rings. The minimum absolute atomic E-state index is 0.0467. The number of anilines is 1. The van der Waals surface area contributed by atoms with Crippen molar-refractivity contribution in [3.05, 3.63) is 42.5 Å². The molecule has 1 rings (SSSR count). The summed E-state index contributed by atoms with van der Waals surface area (Å²) in [5, 5.41) is 10.9. The third-order valence-corrected chi connectivity index (χ3v) is 4.57. The Morgan fingerprint density at radius 2 is 1.80 bits per heavy atom. The zero-order valence-electron chi connectivity index (χ0n) is 12.3. The van der Waals surface area contributed by atoms with E-state index in [1.165, 1.54) is 6.08 Å². The molecule has 4 nitrogen and oxygen atoms in total. The molecule has 0 aliphatic heterocycles. The van der Waals surface area contributed by atoms with E-state index in [0.717, 1.165) is 10.6 Å². The maximum atomic E-state index is 11.5. The van der Waals surface area contributed by atoms with E-state index in [-0.39, 0.29) is 23.5 Å². The number of hydroxylamine groups is 1. The Morgan fingerprint density at radius 3 is 2.25 bits per heavy atom. The molecule has 0 fully saturated rings. The second-order valence-electron chi connectivity index (χ2n) is 5.82.